The van der Waals surface area contributed by atoms with E-state index in [1.54, 1.807) is 0 Å². The van der Waals surface area contributed by atoms with Gasteiger partial charge >= 0.3 is 0 Å². The van der Waals surface area contributed by atoms with Crippen LogP contribution in [0.3, 0.4) is 0 Å². The van der Waals surface area contributed by atoms with E-state index in [0.717, 1.165) is 12.3 Å². The molecule has 0 saturated heterocycles. The molecular formula is C11H20O. The summed E-state index contributed by atoms with van der Waals surface area (Å²) < 4.78 is 0. The van der Waals surface area contributed by atoms with Crippen LogP contribution in [0.5, 0.6) is 0 Å². The van der Waals surface area contributed by atoms with Gasteiger partial charge in [0.15, 0.2) is 0 Å². The predicted molar refractivity (Wildman–Crippen MR) is 49.9 cm³/mol. The molecule has 0 unspecified atom stereocenters. The maximum Gasteiger partial charge on any atom is 0.0596 e. The summed E-state index contributed by atoms with van der Waals surface area (Å²) in [6, 6.07) is 0. The van der Waals surface area contributed by atoms with Gasteiger partial charge in [0.1, 0.15) is 0 Å². The quantitative estimate of drug-likeness (QED) is 0.589. The molecule has 0 aromatic heterocycles. The summed E-state index contributed by atoms with van der Waals surface area (Å²) in [6.07, 6.45) is 9.03. The summed E-state index contributed by atoms with van der Waals surface area (Å²) in [6.45, 7) is 2.31. The second kappa shape index (κ2) is 3.02. The molecule has 2 aliphatic rings. The molecule has 2 aliphatic carbocycles. The summed E-state index contributed by atoms with van der Waals surface area (Å²) in [4.78, 5) is 0. The molecule has 70 valence electrons. The fourth-order valence-electron chi connectivity index (χ4n) is 3.23. The number of fused-ring (bicyclic) bond motifs is 1. The maximum atomic E-state index is 9.96. The van der Waals surface area contributed by atoms with Gasteiger partial charge in [-0.2, -0.15) is 0 Å². The number of aliphatic hydroxyl groups is 1. The van der Waals surface area contributed by atoms with Gasteiger partial charge in [0, 0.05) is 0 Å². The monoisotopic (exact) mass is 168 g/mol. The molecule has 0 aliphatic heterocycles. The van der Waals surface area contributed by atoms with E-state index in [1.165, 1.54) is 38.5 Å². The Labute approximate surface area is 75.2 Å². The lowest BCUT2D eigenvalue weighted by atomic mass is 9.59. The van der Waals surface area contributed by atoms with Gasteiger partial charge in [-0.25, -0.2) is 0 Å². The molecule has 1 nitrogen and oxygen atoms in total. The molecule has 0 aromatic carbocycles. The van der Waals surface area contributed by atoms with E-state index < -0.39 is 0 Å². The van der Waals surface area contributed by atoms with Crippen LogP contribution < -0.4 is 0 Å². The maximum absolute atomic E-state index is 9.96. The van der Waals surface area contributed by atoms with Crippen LogP contribution in [-0.2, 0) is 0 Å². The minimum atomic E-state index is -0.00319. The van der Waals surface area contributed by atoms with Crippen LogP contribution in [-0.4, -0.2) is 11.2 Å². The van der Waals surface area contributed by atoms with E-state index in [9.17, 15) is 5.11 Å². The number of rotatable bonds is 0. The van der Waals surface area contributed by atoms with Crippen LogP contribution >= 0.6 is 0 Å². The highest BCUT2D eigenvalue weighted by atomic mass is 16.3. The van der Waals surface area contributed by atoms with Gasteiger partial charge in [0.2, 0.25) is 0 Å². The van der Waals surface area contributed by atoms with Crippen molar-refractivity contribution in [3.63, 3.8) is 0 Å². The van der Waals surface area contributed by atoms with E-state index in [1.807, 2.05) is 0 Å². The lowest BCUT2D eigenvalue weighted by Crippen LogP contribution is -2.44. The van der Waals surface area contributed by atoms with Crippen molar-refractivity contribution in [3.05, 3.63) is 0 Å². The lowest BCUT2D eigenvalue weighted by Gasteiger charge is -2.48. The van der Waals surface area contributed by atoms with Gasteiger partial charge in [-0.1, -0.05) is 26.2 Å². The van der Waals surface area contributed by atoms with Crippen molar-refractivity contribution < 1.29 is 5.11 Å². The van der Waals surface area contributed by atoms with Gasteiger partial charge < -0.3 is 5.11 Å². The first kappa shape index (κ1) is 8.55. The second-order valence-electron chi connectivity index (χ2n) is 4.90. The van der Waals surface area contributed by atoms with E-state index in [2.05, 4.69) is 6.92 Å². The van der Waals surface area contributed by atoms with Crippen molar-refractivity contribution in [1.82, 2.24) is 0 Å². The fourth-order valence-corrected chi connectivity index (χ4v) is 3.23. The average molecular weight is 168 g/mol. The molecular weight excluding hydrogens is 148 g/mol. The first-order valence-electron chi connectivity index (χ1n) is 5.41. The molecule has 2 fully saturated rings. The Hall–Kier alpha value is -0.0400. The van der Waals surface area contributed by atoms with Crippen LogP contribution in [0.25, 0.3) is 0 Å². The van der Waals surface area contributed by atoms with E-state index >= 15 is 0 Å². The average Bonchev–Trinajstić information content (AvgIpc) is 2.07. The molecule has 1 heteroatoms. The molecule has 0 aromatic rings. The molecule has 0 amide bonds. The Morgan fingerprint density at radius 3 is 2.58 bits per heavy atom. The van der Waals surface area contributed by atoms with Crippen molar-refractivity contribution in [2.24, 2.45) is 11.3 Å². The van der Waals surface area contributed by atoms with Crippen LogP contribution in [0.2, 0.25) is 0 Å². The normalized spacial score (nSPS) is 48.5. The molecule has 2 saturated carbocycles. The van der Waals surface area contributed by atoms with Crippen molar-refractivity contribution in [2.45, 2.75) is 58.0 Å². The molecule has 3 atom stereocenters. The van der Waals surface area contributed by atoms with E-state index in [0.29, 0.717) is 0 Å². The third-order valence-electron chi connectivity index (χ3n) is 4.24. The Morgan fingerprint density at radius 1 is 1.08 bits per heavy atom. The third kappa shape index (κ3) is 1.19. The van der Waals surface area contributed by atoms with Crippen LogP contribution in [0, 0.1) is 11.3 Å². The zero-order valence-corrected chi connectivity index (χ0v) is 8.05. The van der Waals surface area contributed by atoms with E-state index in [4.69, 9.17) is 0 Å². The van der Waals surface area contributed by atoms with Gasteiger partial charge in [-0.05, 0) is 37.0 Å². The van der Waals surface area contributed by atoms with Crippen LogP contribution in [0.1, 0.15) is 51.9 Å². The van der Waals surface area contributed by atoms with Crippen LogP contribution in [0.4, 0.5) is 0 Å². The molecule has 0 spiro atoms. The molecule has 12 heavy (non-hydrogen) atoms. The molecule has 0 bridgehead atoms. The summed E-state index contributed by atoms with van der Waals surface area (Å²) >= 11 is 0. The Kier molecular flexibility index (Phi) is 2.16. The Bertz CT molecular complexity index is 164. The summed E-state index contributed by atoms with van der Waals surface area (Å²) in [5.74, 6) is 0.829. The molecule has 0 heterocycles. The van der Waals surface area contributed by atoms with Crippen molar-refractivity contribution in [2.75, 3.05) is 0 Å². The third-order valence-corrected chi connectivity index (χ3v) is 4.24. The van der Waals surface area contributed by atoms with Gasteiger partial charge in [0.25, 0.3) is 0 Å². The summed E-state index contributed by atoms with van der Waals surface area (Å²) in [5.41, 5.74) is 0.288. The highest BCUT2D eigenvalue weighted by molar-refractivity contribution is 4.94. The molecule has 0 radical (unpaired) electrons. The zero-order chi connectivity index (χ0) is 8.60. The van der Waals surface area contributed by atoms with E-state index in [-0.39, 0.29) is 11.5 Å². The smallest absolute Gasteiger partial charge is 0.0596 e. The Balaban J connectivity index is 2.14. The van der Waals surface area contributed by atoms with Gasteiger partial charge in [-0.3, -0.25) is 0 Å². The van der Waals surface area contributed by atoms with Gasteiger partial charge in [0.05, 0.1) is 6.10 Å². The van der Waals surface area contributed by atoms with Gasteiger partial charge in [-0.15, -0.1) is 0 Å². The number of hydrogen-bond acceptors (Lipinski definition) is 1. The standard InChI is InChI=1S/C11H20O/c1-11-8-3-2-5-9(11)6-4-7-10(11)12/h9-10,12H,2-8H2,1H3/t9-,10-,11-/m0/s1. The minimum Gasteiger partial charge on any atom is -0.393 e. The van der Waals surface area contributed by atoms with Crippen molar-refractivity contribution in [3.8, 4) is 0 Å². The summed E-state index contributed by atoms with van der Waals surface area (Å²) in [5, 5.41) is 9.96. The highest BCUT2D eigenvalue weighted by Gasteiger charge is 2.43. The predicted octanol–water partition coefficient (Wildman–Crippen LogP) is 2.73. The van der Waals surface area contributed by atoms with Crippen LogP contribution in [0.15, 0.2) is 0 Å². The second-order valence-corrected chi connectivity index (χ2v) is 4.90. The molecule has 2 rings (SSSR count). The fraction of sp³-hybridized carbons (Fsp3) is 1.00. The van der Waals surface area contributed by atoms with Crippen molar-refractivity contribution >= 4 is 0 Å². The number of hydrogen-bond donors (Lipinski definition) is 1. The minimum absolute atomic E-state index is 0.00319. The van der Waals surface area contributed by atoms with Crippen molar-refractivity contribution in [1.29, 1.82) is 0 Å². The largest absolute Gasteiger partial charge is 0.393 e. The SMILES string of the molecule is C[C@]12CCCC[C@H]1CCC[C@@H]2O. The highest BCUT2D eigenvalue weighted by Crippen LogP contribution is 2.49. The summed E-state index contributed by atoms with van der Waals surface area (Å²) in [7, 11) is 0. The number of aliphatic hydroxyl groups excluding tert-OH is 1. The Morgan fingerprint density at radius 2 is 1.83 bits per heavy atom. The topological polar surface area (TPSA) is 20.2 Å². The zero-order valence-electron chi connectivity index (χ0n) is 8.05. The first-order valence-corrected chi connectivity index (χ1v) is 5.41. The lowest BCUT2D eigenvalue weighted by molar-refractivity contribution is -0.0651. The first-order chi connectivity index (χ1) is 5.73. The molecule has 1 N–H and O–H groups in total.